The Labute approximate surface area is 150 Å². The molecule has 0 aromatic carbocycles. The molecule has 0 saturated heterocycles. The number of aliphatic carboxylic acids is 1. The van der Waals surface area contributed by atoms with Gasteiger partial charge in [0.15, 0.2) is 6.29 Å². The van der Waals surface area contributed by atoms with Crippen LogP contribution in [0.15, 0.2) is 53.9 Å². The van der Waals surface area contributed by atoms with Crippen LogP contribution in [-0.2, 0) is 20.7 Å². The van der Waals surface area contributed by atoms with E-state index < -0.39 is 34.4 Å². The smallest absolute Gasteiger partial charge is 0.352 e. The van der Waals surface area contributed by atoms with E-state index >= 15 is 0 Å². The van der Waals surface area contributed by atoms with E-state index in [9.17, 15) is 28.3 Å². The van der Waals surface area contributed by atoms with Crippen molar-refractivity contribution in [2.24, 2.45) is 5.73 Å². The largest absolute Gasteiger partial charge is 0.772 e. The number of anilines is 1. The molecule has 0 aliphatic carbocycles. The molecular formula is C16H14N3O6S-. The first-order valence-corrected chi connectivity index (χ1v) is 8.40. The van der Waals surface area contributed by atoms with Gasteiger partial charge in [-0.15, -0.1) is 0 Å². The number of pyridine rings is 1. The predicted octanol–water partition coefficient (Wildman–Crippen LogP) is 0.423. The number of nitrogens with two attached hydrogens (primary N) is 1. The third-order valence-corrected chi connectivity index (χ3v) is 3.88. The van der Waals surface area contributed by atoms with Gasteiger partial charge in [0, 0.05) is 23.5 Å². The number of carbonyl (C=O) groups excluding carboxylic acids is 2. The number of primary amides is 1. The molecule has 0 radical (unpaired) electrons. The molecule has 2 aromatic heterocycles. The summed E-state index contributed by atoms with van der Waals surface area (Å²) in [4.78, 5) is 33.9. The first-order valence-electron chi connectivity index (χ1n) is 7.15. The molecule has 0 saturated carbocycles. The first-order chi connectivity index (χ1) is 12.3. The molecule has 1 unspecified atom stereocenters. The molecule has 1 atom stereocenters. The summed E-state index contributed by atoms with van der Waals surface area (Å²) in [6, 6.07) is 6.67. The van der Waals surface area contributed by atoms with Gasteiger partial charge in [0.05, 0.1) is 5.56 Å². The number of hydrogen-bond acceptors (Lipinski definition) is 6. The number of rotatable bonds is 8. The minimum Gasteiger partial charge on any atom is -0.772 e. The van der Waals surface area contributed by atoms with Crippen molar-refractivity contribution in [1.29, 1.82) is 0 Å². The van der Waals surface area contributed by atoms with Crippen LogP contribution in [0.1, 0.15) is 10.4 Å². The van der Waals surface area contributed by atoms with E-state index in [-0.39, 0.29) is 17.0 Å². The van der Waals surface area contributed by atoms with Gasteiger partial charge in [-0.25, -0.2) is 4.79 Å². The summed E-state index contributed by atoms with van der Waals surface area (Å²) in [5.74, 6) is -2.86. The van der Waals surface area contributed by atoms with Crippen LogP contribution in [0.5, 0.6) is 0 Å². The molecule has 10 heteroatoms. The van der Waals surface area contributed by atoms with Crippen molar-refractivity contribution in [3.8, 4) is 0 Å². The molecule has 0 fully saturated rings. The number of amides is 1. The van der Waals surface area contributed by atoms with Crippen LogP contribution in [0.4, 0.5) is 5.82 Å². The lowest BCUT2D eigenvalue weighted by atomic mass is 10.2. The average molecular weight is 376 g/mol. The summed E-state index contributed by atoms with van der Waals surface area (Å²) >= 11 is -2.62. The molecule has 2 aromatic rings. The van der Waals surface area contributed by atoms with Crippen LogP contribution < -0.4 is 11.1 Å². The highest BCUT2D eigenvalue weighted by Gasteiger charge is 2.18. The number of nitrogens with one attached hydrogen (secondary N) is 1. The Morgan fingerprint density at radius 3 is 2.65 bits per heavy atom. The fourth-order valence-electron chi connectivity index (χ4n) is 2.27. The molecule has 0 aliphatic rings. The summed E-state index contributed by atoms with van der Waals surface area (Å²) in [5, 5.41) is 12.1. The summed E-state index contributed by atoms with van der Waals surface area (Å²) < 4.78 is 23.6. The zero-order chi connectivity index (χ0) is 19.3. The van der Waals surface area contributed by atoms with E-state index in [4.69, 9.17) is 5.73 Å². The molecule has 0 spiro atoms. The number of nitrogens with zero attached hydrogens (tertiary/aromatic N) is 1. The number of fused-ring (bicyclic) bond motifs is 1. The zero-order valence-electron chi connectivity index (χ0n) is 13.2. The second-order valence-corrected chi connectivity index (χ2v) is 5.97. The number of hydrogen-bond donors (Lipinski definition) is 3. The van der Waals surface area contributed by atoms with E-state index in [1.165, 1.54) is 4.40 Å². The van der Waals surface area contributed by atoms with Gasteiger partial charge < -0.3 is 25.1 Å². The van der Waals surface area contributed by atoms with Crippen molar-refractivity contribution in [3.05, 3.63) is 59.4 Å². The van der Waals surface area contributed by atoms with Gasteiger partial charge in [-0.3, -0.25) is 13.8 Å². The van der Waals surface area contributed by atoms with Crippen LogP contribution >= 0.6 is 0 Å². The Bertz CT molecular complexity index is 960. The van der Waals surface area contributed by atoms with Crippen LogP contribution in [0.25, 0.3) is 5.52 Å². The average Bonchev–Trinajstić information content (AvgIpc) is 2.93. The van der Waals surface area contributed by atoms with E-state index in [0.717, 1.165) is 12.2 Å². The minimum atomic E-state index is -2.62. The highest BCUT2D eigenvalue weighted by molar-refractivity contribution is 7.79. The Kier molecular flexibility index (Phi) is 6.04. The number of carboxylic acids is 1. The normalized spacial score (nSPS) is 13.4. The van der Waals surface area contributed by atoms with Gasteiger partial charge in [0.2, 0.25) is 5.91 Å². The number of carbonyl (C=O) groups is 3. The van der Waals surface area contributed by atoms with E-state index in [2.05, 4.69) is 5.32 Å². The van der Waals surface area contributed by atoms with Gasteiger partial charge in [-0.2, -0.15) is 0 Å². The number of carboxylic acid groups (broad SMARTS) is 1. The van der Waals surface area contributed by atoms with Crippen LogP contribution in [-0.4, -0.2) is 42.2 Å². The zero-order valence-corrected chi connectivity index (χ0v) is 14.1. The van der Waals surface area contributed by atoms with Crippen LogP contribution in [0.2, 0.25) is 0 Å². The molecular weight excluding hydrogens is 362 g/mol. The lowest BCUT2D eigenvalue weighted by molar-refractivity contribution is -0.132. The topological polar surface area (TPSA) is 154 Å². The van der Waals surface area contributed by atoms with Crippen LogP contribution in [0.3, 0.4) is 0 Å². The van der Waals surface area contributed by atoms with Crippen molar-refractivity contribution in [3.63, 3.8) is 0 Å². The lowest BCUT2D eigenvalue weighted by Crippen LogP contribution is -2.18. The van der Waals surface area contributed by atoms with Gasteiger partial charge in [-0.05, 0) is 23.8 Å². The summed E-state index contributed by atoms with van der Waals surface area (Å²) in [6.07, 6.45) is 4.00. The van der Waals surface area contributed by atoms with Crippen molar-refractivity contribution >= 4 is 40.6 Å². The Hall–Kier alpha value is -3.24. The van der Waals surface area contributed by atoms with Gasteiger partial charge in [-0.1, -0.05) is 23.2 Å². The van der Waals surface area contributed by atoms with Gasteiger partial charge in [0.25, 0.3) is 0 Å². The third-order valence-electron chi connectivity index (χ3n) is 3.34. The maximum absolute atomic E-state index is 11.7. The summed E-state index contributed by atoms with van der Waals surface area (Å²) in [7, 11) is 0. The van der Waals surface area contributed by atoms with Gasteiger partial charge >= 0.3 is 5.97 Å². The Morgan fingerprint density at radius 1 is 1.35 bits per heavy atom. The number of allylic oxidation sites excluding steroid dienone is 1. The summed E-state index contributed by atoms with van der Waals surface area (Å²) in [5.41, 5.74) is 5.09. The second-order valence-electron chi connectivity index (χ2n) is 5.08. The standard InChI is InChI=1S/C16H15N3O6S/c17-13(21)5-4-10(9-26(24)25)14(16(22)23)18-15-11(8-20)7-12-3-1-2-6-19(12)15/h1-8,18H,9H2,(H2,17,21)(H,22,23)(H,24,25)/p-1. The molecule has 0 aliphatic heterocycles. The van der Waals surface area contributed by atoms with Crippen molar-refractivity contribution in [2.45, 2.75) is 0 Å². The third kappa shape index (κ3) is 4.43. The van der Waals surface area contributed by atoms with Crippen molar-refractivity contribution < 1.29 is 28.3 Å². The number of aromatic nitrogens is 1. The van der Waals surface area contributed by atoms with Crippen LogP contribution in [0, 0.1) is 0 Å². The Morgan fingerprint density at radius 2 is 2.08 bits per heavy atom. The minimum absolute atomic E-state index is 0.148. The molecule has 2 rings (SSSR count). The predicted molar refractivity (Wildman–Crippen MR) is 93.2 cm³/mol. The highest BCUT2D eigenvalue weighted by atomic mass is 32.2. The maximum atomic E-state index is 11.7. The van der Waals surface area contributed by atoms with E-state index in [0.29, 0.717) is 11.8 Å². The Balaban J connectivity index is 2.62. The van der Waals surface area contributed by atoms with E-state index in [1.54, 1.807) is 30.5 Å². The molecule has 0 bridgehead atoms. The quantitative estimate of drug-likeness (QED) is 0.261. The highest BCUT2D eigenvalue weighted by Crippen LogP contribution is 2.23. The molecule has 9 nitrogen and oxygen atoms in total. The fourth-order valence-corrected chi connectivity index (χ4v) is 2.76. The maximum Gasteiger partial charge on any atom is 0.352 e. The second kappa shape index (κ2) is 8.23. The van der Waals surface area contributed by atoms with Crippen molar-refractivity contribution in [2.75, 3.05) is 11.1 Å². The molecule has 26 heavy (non-hydrogen) atoms. The van der Waals surface area contributed by atoms with Gasteiger partial charge in [0.1, 0.15) is 11.5 Å². The fraction of sp³-hybridized carbons (Fsp3) is 0.0625. The van der Waals surface area contributed by atoms with E-state index in [1.807, 2.05) is 0 Å². The molecule has 1 amide bonds. The lowest BCUT2D eigenvalue weighted by Gasteiger charge is -2.14. The summed E-state index contributed by atoms with van der Waals surface area (Å²) in [6.45, 7) is 0. The monoisotopic (exact) mass is 376 g/mol. The molecule has 2 heterocycles. The van der Waals surface area contributed by atoms with Crippen molar-refractivity contribution in [1.82, 2.24) is 4.40 Å². The molecule has 4 N–H and O–H groups in total. The molecule has 136 valence electrons. The SMILES string of the molecule is NC(=O)C=CC(CS(=O)[O-])=C(Nc1c(C=O)cc2ccccn12)C(=O)O. The first kappa shape index (κ1) is 19.1. The number of aldehydes is 1.